The predicted octanol–water partition coefficient (Wildman–Crippen LogP) is 4.60. The third-order valence-corrected chi connectivity index (χ3v) is 6.06. The Morgan fingerprint density at radius 2 is 1.42 bits per heavy atom. The fourth-order valence-corrected chi connectivity index (χ4v) is 4.11. The van der Waals surface area contributed by atoms with E-state index in [1.54, 1.807) is 11.8 Å². The summed E-state index contributed by atoms with van der Waals surface area (Å²) in [4.78, 5) is 25.7. The molecule has 0 fully saturated rings. The highest BCUT2D eigenvalue weighted by Crippen LogP contribution is 2.14. The van der Waals surface area contributed by atoms with Gasteiger partial charge in [-0.2, -0.15) is 11.8 Å². The van der Waals surface area contributed by atoms with E-state index in [4.69, 9.17) is 0 Å². The molecule has 2 amide bonds. The third-order valence-electron chi connectivity index (χ3n) is 4.95. The van der Waals surface area contributed by atoms with Crippen LogP contribution in [0.2, 0.25) is 0 Å². The normalized spacial score (nSPS) is 11.5. The maximum absolute atomic E-state index is 12.9. The second-order valence-electron chi connectivity index (χ2n) is 7.28. The van der Waals surface area contributed by atoms with E-state index in [0.29, 0.717) is 17.9 Å². The molecule has 0 saturated heterocycles. The molecular weight excluding hydrogens is 404 g/mol. The van der Waals surface area contributed by atoms with Gasteiger partial charge in [0.2, 0.25) is 5.91 Å². The van der Waals surface area contributed by atoms with Crippen LogP contribution in [-0.4, -0.2) is 23.6 Å². The average molecular weight is 433 g/mol. The van der Waals surface area contributed by atoms with Crippen molar-refractivity contribution in [2.24, 2.45) is 0 Å². The summed E-state index contributed by atoms with van der Waals surface area (Å²) in [7, 11) is 0. The van der Waals surface area contributed by atoms with Gasteiger partial charge in [0, 0.05) is 23.6 Å². The molecule has 0 aliphatic carbocycles. The van der Waals surface area contributed by atoms with Crippen molar-refractivity contribution in [1.29, 1.82) is 0 Å². The van der Waals surface area contributed by atoms with Crippen molar-refractivity contribution >= 4 is 23.6 Å². The van der Waals surface area contributed by atoms with Gasteiger partial charge in [0.25, 0.3) is 5.91 Å². The molecule has 3 rings (SSSR count). The lowest BCUT2D eigenvalue weighted by Gasteiger charge is -2.19. The standard InChI is InChI=1S/C26H28N2O2S/c1-2-20-13-15-23(16-14-20)25(29)28-24(19-31-18-22-11-7-4-8-12-22)26(30)27-17-21-9-5-3-6-10-21/h3-16,24H,2,17-19H2,1H3,(H,27,30)(H,28,29). The van der Waals surface area contributed by atoms with Crippen molar-refractivity contribution in [2.45, 2.75) is 31.7 Å². The van der Waals surface area contributed by atoms with Gasteiger partial charge in [0.05, 0.1) is 0 Å². The van der Waals surface area contributed by atoms with E-state index in [0.717, 1.165) is 17.7 Å². The van der Waals surface area contributed by atoms with Crippen molar-refractivity contribution in [2.75, 3.05) is 5.75 Å². The van der Waals surface area contributed by atoms with E-state index in [1.165, 1.54) is 11.1 Å². The highest BCUT2D eigenvalue weighted by molar-refractivity contribution is 7.98. The number of hydrogen-bond acceptors (Lipinski definition) is 3. The van der Waals surface area contributed by atoms with Gasteiger partial charge in [0.15, 0.2) is 0 Å². The maximum atomic E-state index is 12.9. The molecule has 1 atom stereocenters. The van der Waals surface area contributed by atoms with E-state index in [2.05, 4.69) is 29.7 Å². The predicted molar refractivity (Wildman–Crippen MR) is 128 cm³/mol. The quantitative estimate of drug-likeness (QED) is 0.492. The molecule has 5 heteroatoms. The van der Waals surface area contributed by atoms with E-state index in [-0.39, 0.29) is 11.8 Å². The largest absolute Gasteiger partial charge is 0.350 e. The van der Waals surface area contributed by atoms with Crippen LogP contribution in [0.1, 0.15) is 34.0 Å². The Balaban J connectivity index is 1.63. The number of amides is 2. The topological polar surface area (TPSA) is 58.2 Å². The lowest BCUT2D eigenvalue weighted by molar-refractivity contribution is -0.122. The SMILES string of the molecule is CCc1ccc(C(=O)NC(CSCc2ccccc2)C(=O)NCc2ccccc2)cc1. The summed E-state index contributed by atoms with van der Waals surface area (Å²) in [6.45, 7) is 2.51. The average Bonchev–Trinajstić information content (AvgIpc) is 2.83. The number of benzene rings is 3. The van der Waals surface area contributed by atoms with Gasteiger partial charge in [-0.15, -0.1) is 0 Å². The first-order chi connectivity index (χ1) is 15.2. The summed E-state index contributed by atoms with van der Waals surface area (Å²) in [5, 5.41) is 5.88. The first-order valence-corrected chi connectivity index (χ1v) is 11.6. The molecule has 2 N–H and O–H groups in total. The number of carbonyl (C=O) groups excluding carboxylic acids is 2. The summed E-state index contributed by atoms with van der Waals surface area (Å²) in [6.07, 6.45) is 0.919. The highest BCUT2D eigenvalue weighted by atomic mass is 32.2. The summed E-state index contributed by atoms with van der Waals surface area (Å²) >= 11 is 1.63. The Morgan fingerprint density at radius 3 is 2.03 bits per heavy atom. The number of aryl methyl sites for hydroxylation is 1. The second-order valence-corrected chi connectivity index (χ2v) is 8.31. The maximum Gasteiger partial charge on any atom is 0.251 e. The molecule has 0 saturated carbocycles. The molecular formula is C26H28N2O2S. The molecule has 31 heavy (non-hydrogen) atoms. The molecule has 0 aliphatic heterocycles. The van der Waals surface area contributed by atoms with E-state index >= 15 is 0 Å². The van der Waals surface area contributed by atoms with Crippen LogP contribution in [0.25, 0.3) is 0 Å². The minimum absolute atomic E-state index is 0.178. The number of carbonyl (C=O) groups is 2. The lowest BCUT2D eigenvalue weighted by atomic mass is 10.1. The summed E-state index contributed by atoms with van der Waals surface area (Å²) in [5.41, 5.74) is 3.95. The Bertz CT molecular complexity index is 960. The number of thioether (sulfide) groups is 1. The number of hydrogen-bond donors (Lipinski definition) is 2. The fraction of sp³-hybridized carbons (Fsp3) is 0.231. The van der Waals surface area contributed by atoms with Crippen LogP contribution in [0, 0.1) is 0 Å². The number of nitrogens with one attached hydrogen (secondary N) is 2. The molecule has 0 aliphatic rings. The minimum atomic E-state index is -0.615. The summed E-state index contributed by atoms with van der Waals surface area (Å²) < 4.78 is 0. The molecule has 0 bridgehead atoms. The lowest BCUT2D eigenvalue weighted by Crippen LogP contribution is -2.48. The zero-order chi connectivity index (χ0) is 21.9. The molecule has 1 unspecified atom stereocenters. The summed E-state index contributed by atoms with van der Waals surface area (Å²) in [5.74, 6) is 0.865. The molecule has 0 aromatic heterocycles. The highest BCUT2D eigenvalue weighted by Gasteiger charge is 2.21. The molecule has 160 valence electrons. The molecule has 3 aromatic rings. The van der Waals surface area contributed by atoms with E-state index < -0.39 is 6.04 Å². The van der Waals surface area contributed by atoms with Gasteiger partial charge >= 0.3 is 0 Å². The van der Waals surface area contributed by atoms with Gasteiger partial charge in [0.1, 0.15) is 6.04 Å². The van der Waals surface area contributed by atoms with Gasteiger partial charge < -0.3 is 10.6 Å². The minimum Gasteiger partial charge on any atom is -0.350 e. The Kier molecular flexibility index (Phi) is 8.73. The van der Waals surface area contributed by atoms with Gasteiger partial charge in [-0.05, 0) is 35.2 Å². The first kappa shape index (κ1) is 22.6. The number of rotatable bonds is 10. The smallest absolute Gasteiger partial charge is 0.251 e. The van der Waals surface area contributed by atoms with Crippen molar-refractivity contribution in [3.05, 3.63) is 107 Å². The second kappa shape index (κ2) is 12.0. The third kappa shape index (κ3) is 7.30. The molecule has 0 heterocycles. The molecule has 4 nitrogen and oxygen atoms in total. The summed E-state index contributed by atoms with van der Waals surface area (Å²) in [6, 6.07) is 26.8. The molecule has 0 radical (unpaired) electrons. The monoisotopic (exact) mass is 432 g/mol. The van der Waals surface area contributed by atoms with Crippen LogP contribution in [0.5, 0.6) is 0 Å². The first-order valence-electron chi connectivity index (χ1n) is 10.5. The van der Waals surface area contributed by atoms with Crippen LogP contribution >= 0.6 is 11.8 Å². The van der Waals surface area contributed by atoms with Crippen molar-refractivity contribution in [1.82, 2.24) is 10.6 Å². The molecule has 0 spiro atoms. The van der Waals surface area contributed by atoms with Crippen LogP contribution in [-0.2, 0) is 23.5 Å². The Hall–Kier alpha value is -3.05. The van der Waals surface area contributed by atoms with Crippen molar-refractivity contribution in [3.63, 3.8) is 0 Å². The Morgan fingerprint density at radius 1 is 0.806 bits per heavy atom. The van der Waals surface area contributed by atoms with Crippen LogP contribution in [0.4, 0.5) is 0 Å². The zero-order valence-electron chi connectivity index (χ0n) is 17.7. The van der Waals surface area contributed by atoms with Crippen LogP contribution in [0.3, 0.4) is 0 Å². The Labute approximate surface area is 188 Å². The zero-order valence-corrected chi connectivity index (χ0v) is 18.5. The van der Waals surface area contributed by atoms with Crippen LogP contribution in [0.15, 0.2) is 84.9 Å². The van der Waals surface area contributed by atoms with Crippen LogP contribution < -0.4 is 10.6 Å². The van der Waals surface area contributed by atoms with E-state index in [1.807, 2.05) is 72.8 Å². The fourth-order valence-electron chi connectivity index (χ4n) is 3.09. The van der Waals surface area contributed by atoms with Gasteiger partial charge in [-0.25, -0.2) is 0 Å². The van der Waals surface area contributed by atoms with Crippen molar-refractivity contribution in [3.8, 4) is 0 Å². The molecule has 3 aromatic carbocycles. The van der Waals surface area contributed by atoms with Gasteiger partial charge in [-0.3, -0.25) is 9.59 Å². The van der Waals surface area contributed by atoms with Gasteiger partial charge in [-0.1, -0.05) is 79.7 Å². The van der Waals surface area contributed by atoms with Crippen molar-refractivity contribution < 1.29 is 9.59 Å². The van der Waals surface area contributed by atoms with E-state index in [9.17, 15) is 9.59 Å².